The molecule has 2 atom stereocenters. The van der Waals surface area contributed by atoms with Gasteiger partial charge in [0, 0.05) is 19.2 Å². The summed E-state index contributed by atoms with van der Waals surface area (Å²) < 4.78 is 47.9. The molecular formula is C19H19F3N6O2. The number of fused-ring (bicyclic) bond motifs is 1. The van der Waals surface area contributed by atoms with E-state index in [2.05, 4.69) is 15.0 Å². The van der Waals surface area contributed by atoms with Crippen LogP contribution in [-0.4, -0.2) is 54.0 Å². The van der Waals surface area contributed by atoms with Gasteiger partial charge in [-0.1, -0.05) is 0 Å². The fourth-order valence-electron chi connectivity index (χ4n) is 3.97. The van der Waals surface area contributed by atoms with E-state index in [4.69, 9.17) is 10.5 Å². The number of carbonyl (C=O) groups excluding carboxylic acids is 1. The molecule has 1 unspecified atom stereocenters. The number of amides is 1. The van der Waals surface area contributed by atoms with Gasteiger partial charge in [0.15, 0.2) is 5.96 Å². The molecule has 1 aromatic heterocycles. The molecule has 11 heteroatoms. The summed E-state index contributed by atoms with van der Waals surface area (Å²) in [4.78, 5) is 28.4. The highest BCUT2D eigenvalue weighted by Gasteiger charge is 2.57. The molecule has 2 aliphatic heterocycles. The molecule has 0 saturated carbocycles. The average molecular weight is 420 g/mol. The van der Waals surface area contributed by atoms with E-state index in [-0.39, 0.29) is 42.1 Å². The molecule has 158 valence electrons. The summed E-state index contributed by atoms with van der Waals surface area (Å²) in [6.07, 6.45) is 0. The Morgan fingerprint density at radius 2 is 2.00 bits per heavy atom. The third kappa shape index (κ3) is 2.84. The molecule has 2 aromatic rings. The number of carbonyl (C=O) groups is 1. The van der Waals surface area contributed by atoms with E-state index in [1.807, 2.05) is 0 Å². The van der Waals surface area contributed by atoms with Crippen molar-refractivity contribution >= 4 is 17.8 Å². The molecule has 3 heterocycles. The molecule has 0 bridgehead atoms. The second-order valence-electron chi connectivity index (χ2n) is 7.28. The van der Waals surface area contributed by atoms with Crippen molar-refractivity contribution in [3.8, 4) is 5.88 Å². The highest BCUT2D eigenvalue weighted by Crippen LogP contribution is 2.45. The van der Waals surface area contributed by atoms with Crippen LogP contribution in [0, 0.1) is 30.3 Å². The topological polar surface area (TPSA) is 96.9 Å². The third-order valence-electron chi connectivity index (χ3n) is 5.54. The lowest BCUT2D eigenvalue weighted by molar-refractivity contribution is -0.132. The summed E-state index contributed by atoms with van der Waals surface area (Å²) >= 11 is 0. The number of nitrogens with two attached hydrogens (primary N) is 1. The predicted octanol–water partition coefficient (Wildman–Crippen LogP) is 1.33. The van der Waals surface area contributed by atoms with Gasteiger partial charge in [-0.05, 0) is 25.1 Å². The lowest BCUT2D eigenvalue weighted by atomic mass is 9.79. The summed E-state index contributed by atoms with van der Waals surface area (Å²) in [6, 6.07) is 2.98. The maximum atomic E-state index is 14.8. The predicted molar refractivity (Wildman–Crippen MR) is 101 cm³/mol. The first-order valence-corrected chi connectivity index (χ1v) is 9.09. The quantitative estimate of drug-likeness (QED) is 0.805. The van der Waals surface area contributed by atoms with Crippen LogP contribution in [0.1, 0.15) is 11.3 Å². The van der Waals surface area contributed by atoms with Crippen LogP contribution in [0.2, 0.25) is 0 Å². The van der Waals surface area contributed by atoms with Gasteiger partial charge >= 0.3 is 0 Å². The van der Waals surface area contributed by atoms with Gasteiger partial charge in [0.05, 0.1) is 25.3 Å². The fraction of sp³-hybridized carbons (Fsp3) is 0.368. The zero-order valence-corrected chi connectivity index (χ0v) is 16.5. The van der Waals surface area contributed by atoms with Crippen LogP contribution in [0.3, 0.4) is 0 Å². The van der Waals surface area contributed by atoms with Crippen molar-refractivity contribution in [1.29, 1.82) is 0 Å². The van der Waals surface area contributed by atoms with Crippen LogP contribution in [0.4, 0.5) is 19.1 Å². The number of anilines is 1. The minimum atomic E-state index is -1.49. The molecule has 0 spiro atoms. The van der Waals surface area contributed by atoms with Crippen molar-refractivity contribution in [3.05, 3.63) is 46.9 Å². The van der Waals surface area contributed by atoms with E-state index in [9.17, 15) is 18.0 Å². The van der Waals surface area contributed by atoms with Crippen LogP contribution >= 0.6 is 0 Å². The van der Waals surface area contributed by atoms with Crippen LogP contribution in [0.25, 0.3) is 0 Å². The van der Waals surface area contributed by atoms with Gasteiger partial charge in [-0.2, -0.15) is 9.37 Å². The first kappa shape index (κ1) is 19.9. The van der Waals surface area contributed by atoms with Crippen molar-refractivity contribution < 1.29 is 22.7 Å². The number of hydrogen-bond donors (Lipinski definition) is 1. The molecule has 1 saturated heterocycles. The number of aromatic nitrogens is 2. The normalized spacial score (nSPS) is 23.5. The fourth-order valence-corrected chi connectivity index (χ4v) is 3.97. The summed E-state index contributed by atoms with van der Waals surface area (Å²) in [7, 11) is 2.72. The van der Waals surface area contributed by atoms with Crippen molar-refractivity contribution in [2.24, 2.45) is 16.6 Å². The van der Waals surface area contributed by atoms with Gasteiger partial charge in [-0.15, -0.1) is 0 Å². The number of hydrogen-bond acceptors (Lipinski definition) is 7. The molecule has 0 radical (unpaired) electrons. The number of nitrogens with zero attached hydrogens (tertiary/aromatic N) is 5. The molecular weight excluding hydrogens is 401 g/mol. The average Bonchev–Trinajstić information content (AvgIpc) is 3.10. The monoisotopic (exact) mass is 420 g/mol. The Morgan fingerprint density at radius 3 is 2.70 bits per heavy atom. The number of rotatable bonds is 3. The van der Waals surface area contributed by atoms with Crippen molar-refractivity contribution in [2.75, 3.05) is 32.1 Å². The van der Waals surface area contributed by atoms with Crippen LogP contribution in [-0.2, 0) is 10.3 Å². The standard InChI is InChI=1S/C19H19F3N6O2/c1-9-14(22)15(30-3)25-18(24-9)28-7-12-16(29)27(2)17(23)26-19(12,8-28)11-6-10(20)4-5-13(11)21/h4-6,12H,7-8H2,1-3H3,(H2,23,26)/t12?,19-/m1/s1. The van der Waals surface area contributed by atoms with Crippen molar-refractivity contribution in [3.63, 3.8) is 0 Å². The van der Waals surface area contributed by atoms with Crippen molar-refractivity contribution in [2.45, 2.75) is 12.5 Å². The Balaban J connectivity index is 1.88. The molecule has 1 amide bonds. The van der Waals surface area contributed by atoms with Crippen LogP contribution in [0.15, 0.2) is 23.2 Å². The maximum absolute atomic E-state index is 14.8. The Hall–Kier alpha value is -3.37. The molecule has 1 aromatic carbocycles. The second-order valence-corrected chi connectivity index (χ2v) is 7.28. The number of halogens is 3. The number of benzene rings is 1. The molecule has 1 fully saturated rings. The van der Waals surface area contributed by atoms with Gasteiger partial charge in [0.2, 0.25) is 17.7 Å². The summed E-state index contributed by atoms with van der Waals surface area (Å²) in [5.74, 6) is -3.67. The van der Waals surface area contributed by atoms with E-state index >= 15 is 0 Å². The molecule has 2 aliphatic rings. The lowest BCUT2D eigenvalue weighted by Crippen LogP contribution is -2.54. The molecule has 2 N–H and O–H groups in total. The lowest BCUT2D eigenvalue weighted by Gasteiger charge is -2.37. The minimum Gasteiger partial charge on any atom is -0.479 e. The zero-order valence-electron chi connectivity index (χ0n) is 16.5. The van der Waals surface area contributed by atoms with Crippen LogP contribution in [0.5, 0.6) is 5.88 Å². The first-order chi connectivity index (χ1) is 14.2. The van der Waals surface area contributed by atoms with E-state index in [1.54, 1.807) is 4.90 Å². The van der Waals surface area contributed by atoms with E-state index in [1.165, 1.54) is 26.0 Å². The minimum absolute atomic E-state index is 0.0455. The third-order valence-corrected chi connectivity index (χ3v) is 5.54. The largest absolute Gasteiger partial charge is 0.479 e. The summed E-state index contributed by atoms with van der Waals surface area (Å²) in [5, 5.41) is 0. The van der Waals surface area contributed by atoms with E-state index in [0.29, 0.717) is 0 Å². The van der Waals surface area contributed by atoms with E-state index < -0.39 is 34.8 Å². The highest BCUT2D eigenvalue weighted by molar-refractivity contribution is 6.01. The smallest absolute Gasteiger partial charge is 0.255 e. The van der Waals surface area contributed by atoms with Gasteiger partial charge in [-0.25, -0.2) is 18.8 Å². The van der Waals surface area contributed by atoms with Gasteiger partial charge in [0.25, 0.3) is 5.88 Å². The molecule has 0 aliphatic carbocycles. The maximum Gasteiger partial charge on any atom is 0.255 e. The SMILES string of the molecule is COc1nc(N2CC3C(=O)N(C)C(N)=N[C@@]3(c3cc(F)ccc3F)C2)nc(C)c1F. The second kappa shape index (κ2) is 6.85. The number of methoxy groups -OCH3 is 1. The van der Waals surface area contributed by atoms with Crippen molar-refractivity contribution in [1.82, 2.24) is 14.9 Å². The first-order valence-electron chi connectivity index (χ1n) is 9.09. The molecule has 8 nitrogen and oxygen atoms in total. The van der Waals surface area contributed by atoms with Crippen LogP contribution < -0.4 is 15.4 Å². The number of guanidine groups is 1. The molecule has 4 rings (SSSR count). The Labute approximate surface area is 170 Å². The summed E-state index contributed by atoms with van der Waals surface area (Å²) in [5.41, 5.74) is 4.39. The number of aryl methyl sites for hydroxylation is 1. The zero-order chi connectivity index (χ0) is 21.8. The van der Waals surface area contributed by atoms with Gasteiger partial charge in [-0.3, -0.25) is 9.69 Å². The van der Waals surface area contributed by atoms with Gasteiger partial charge in [0.1, 0.15) is 17.2 Å². The molecule has 30 heavy (non-hydrogen) atoms. The highest BCUT2D eigenvalue weighted by atomic mass is 19.1. The number of ether oxygens (including phenoxy) is 1. The van der Waals surface area contributed by atoms with Gasteiger partial charge < -0.3 is 15.4 Å². The number of aliphatic imine (C=N–C) groups is 1. The Kier molecular flexibility index (Phi) is 4.55. The Morgan fingerprint density at radius 1 is 1.27 bits per heavy atom. The Bertz CT molecular complexity index is 1080. The summed E-state index contributed by atoms with van der Waals surface area (Å²) in [6.45, 7) is 1.43. The van der Waals surface area contributed by atoms with E-state index in [0.717, 1.165) is 18.2 Å².